The molecule has 0 aromatic heterocycles. The van der Waals surface area contributed by atoms with Gasteiger partial charge in [0.15, 0.2) is 6.80 Å². The molecule has 0 atom stereocenters. The summed E-state index contributed by atoms with van der Waals surface area (Å²) >= 11 is 0. The molecule has 0 rings (SSSR count). The van der Waals surface area contributed by atoms with Crippen molar-refractivity contribution in [3.05, 3.63) is 11.8 Å². The summed E-state index contributed by atoms with van der Waals surface area (Å²) in [5, 5.41) is 0. The fourth-order valence-corrected chi connectivity index (χ4v) is 0.222. The molecular formula is C5H9FN2. The van der Waals surface area contributed by atoms with Gasteiger partial charge in [-0.25, -0.2) is 4.39 Å². The molecule has 2 nitrogen and oxygen atoms in total. The molecule has 0 aromatic rings. The number of alkyl halides is 1. The molecule has 0 aliphatic carbocycles. The number of hydrogen-bond donors (Lipinski definition) is 1. The van der Waals surface area contributed by atoms with Gasteiger partial charge in [0.05, 0.1) is 0 Å². The van der Waals surface area contributed by atoms with Crippen LogP contribution in [-0.2, 0) is 0 Å². The van der Waals surface area contributed by atoms with Crippen LogP contribution in [0.25, 0.3) is 0 Å². The fourth-order valence-electron chi connectivity index (χ4n) is 0.222. The number of halogens is 1. The second-order valence-electron chi connectivity index (χ2n) is 1.34. The van der Waals surface area contributed by atoms with E-state index in [0.29, 0.717) is 0 Å². The van der Waals surface area contributed by atoms with Crippen molar-refractivity contribution >= 4 is 6.21 Å². The molecule has 0 fully saturated rings. The summed E-state index contributed by atoms with van der Waals surface area (Å²) < 4.78 is 11.2. The Morgan fingerprint density at radius 2 is 2.50 bits per heavy atom. The van der Waals surface area contributed by atoms with Crippen molar-refractivity contribution in [1.82, 2.24) is 0 Å². The van der Waals surface area contributed by atoms with Crippen LogP contribution >= 0.6 is 0 Å². The van der Waals surface area contributed by atoms with Gasteiger partial charge >= 0.3 is 0 Å². The maximum Gasteiger partial charge on any atom is 0.179 e. The van der Waals surface area contributed by atoms with Crippen LogP contribution in [-0.4, -0.2) is 13.0 Å². The smallest absolute Gasteiger partial charge is 0.179 e. The van der Waals surface area contributed by atoms with Gasteiger partial charge in [0, 0.05) is 6.21 Å². The summed E-state index contributed by atoms with van der Waals surface area (Å²) in [5.74, 6) is 0. The van der Waals surface area contributed by atoms with E-state index >= 15 is 0 Å². The first-order chi connectivity index (χ1) is 3.81. The average molecular weight is 116 g/mol. The Morgan fingerprint density at radius 1 is 1.88 bits per heavy atom. The van der Waals surface area contributed by atoms with Crippen LogP contribution in [0.3, 0.4) is 0 Å². The Labute approximate surface area is 47.9 Å². The highest BCUT2D eigenvalue weighted by Crippen LogP contribution is 1.81. The molecule has 0 radical (unpaired) electrons. The highest BCUT2D eigenvalue weighted by atomic mass is 19.1. The molecule has 0 aliphatic heterocycles. The molecule has 0 heterocycles. The van der Waals surface area contributed by atoms with Crippen molar-refractivity contribution in [2.24, 2.45) is 10.7 Å². The highest BCUT2D eigenvalue weighted by Gasteiger charge is 1.75. The van der Waals surface area contributed by atoms with Crippen molar-refractivity contribution < 1.29 is 4.39 Å². The summed E-state index contributed by atoms with van der Waals surface area (Å²) in [6, 6.07) is 0. The van der Waals surface area contributed by atoms with E-state index in [2.05, 4.69) is 4.99 Å². The third kappa shape index (κ3) is 3.33. The largest absolute Gasteiger partial charge is 0.404 e. The van der Waals surface area contributed by atoms with Crippen LogP contribution in [0.5, 0.6) is 0 Å². The van der Waals surface area contributed by atoms with Gasteiger partial charge < -0.3 is 5.73 Å². The molecule has 2 N–H and O–H groups in total. The number of aliphatic imine (C=N–C) groups is 1. The molecule has 0 saturated carbocycles. The van der Waals surface area contributed by atoms with E-state index in [1.165, 1.54) is 12.4 Å². The van der Waals surface area contributed by atoms with Crippen LogP contribution in [0.1, 0.15) is 6.92 Å². The van der Waals surface area contributed by atoms with Crippen LogP contribution in [0.4, 0.5) is 4.39 Å². The van der Waals surface area contributed by atoms with Gasteiger partial charge in [0.2, 0.25) is 0 Å². The summed E-state index contributed by atoms with van der Waals surface area (Å²) in [5.41, 5.74) is 5.80. The summed E-state index contributed by atoms with van der Waals surface area (Å²) in [6.45, 7) is 1.07. The molecule has 0 amide bonds. The van der Waals surface area contributed by atoms with Gasteiger partial charge in [0.25, 0.3) is 0 Å². The first-order valence-corrected chi connectivity index (χ1v) is 2.25. The Morgan fingerprint density at radius 3 is 2.88 bits per heavy atom. The van der Waals surface area contributed by atoms with Gasteiger partial charge in [-0.1, -0.05) is 0 Å². The Balaban J connectivity index is 3.53. The van der Waals surface area contributed by atoms with Gasteiger partial charge in [-0.15, -0.1) is 0 Å². The number of rotatable bonds is 2. The summed E-state index contributed by atoms with van der Waals surface area (Å²) in [7, 11) is 0. The quantitative estimate of drug-likeness (QED) is 0.421. The zero-order valence-electron chi connectivity index (χ0n) is 4.76. The minimum atomic E-state index is -0.675. The van der Waals surface area contributed by atoms with E-state index in [1.807, 2.05) is 0 Å². The minimum absolute atomic E-state index is 0.675. The lowest BCUT2D eigenvalue weighted by Crippen LogP contribution is -1.85. The van der Waals surface area contributed by atoms with E-state index in [-0.39, 0.29) is 0 Å². The number of hydrogen-bond acceptors (Lipinski definition) is 2. The van der Waals surface area contributed by atoms with Crippen molar-refractivity contribution in [2.45, 2.75) is 6.92 Å². The Hall–Kier alpha value is -0.860. The molecular weight excluding hydrogens is 107 g/mol. The maximum absolute atomic E-state index is 11.2. The zero-order chi connectivity index (χ0) is 6.41. The Kier molecular flexibility index (Phi) is 3.84. The van der Waals surface area contributed by atoms with Gasteiger partial charge in [-0.05, 0) is 18.7 Å². The molecule has 0 aromatic carbocycles. The standard InChI is InChI=1S/C5H9FN2/c1-5(2-7)3-8-4-6/h2-3H,4,7H2,1H3/b5-2-,8-3+. The van der Waals surface area contributed by atoms with E-state index in [1.54, 1.807) is 6.92 Å². The van der Waals surface area contributed by atoms with Gasteiger partial charge in [-0.3, -0.25) is 4.99 Å². The summed E-state index contributed by atoms with van der Waals surface area (Å²) in [4.78, 5) is 3.30. The molecule has 0 aliphatic rings. The third-order valence-corrected chi connectivity index (χ3v) is 0.627. The summed E-state index contributed by atoms with van der Waals surface area (Å²) in [6.07, 6.45) is 2.76. The normalized spacial score (nSPS) is 13.0. The van der Waals surface area contributed by atoms with E-state index in [9.17, 15) is 4.39 Å². The van der Waals surface area contributed by atoms with E-state index < -0.39 is 6.80 Å². The number of nitrogens with two attached hydrogens (primary N) is 1. The van der Waals surface area contributed by atoms with E-state index in [4.69, 9.17) is 5.73 Å². The first-order valence-electron chi connectivity index (χ1n) is 2.25. The molecule has 0 bridgehead atoms. The maximum atomic E-state index is 11.2. The zero-order valence-corrected chi connectivity index (χ0v) is 4.76. The Bertz CT molecular complexity index is 107. The number of allylic oxidation sites excluding steroid dienone is 1. The lowest BCUT2D eigenvalue weighted by molar-refractivity contribution is 0.514. The molecule has 8 heavy (non-hydrogen) atoms. The van der Waals surface area contributed by atoms with E-state index in [0.717, 1.165) is 5.57 Å². The molecule has 0 saturated heterocycles. The van der Waals surface area contributed by atoms with Crippen LogP contribution in [0.15, 0.2) is 16.8 Å². The predicted octanol–water partition coefficient (Wildman–Crippen LogP) is 0.847. The van der Waals surface area contributed by atoms with Crippen LogP contribution in [0, 0.1) is 0 Å². The second-order valence-corrected chi connectivity index (χ2v) is 1.34. The molecule has 0 unspecified atom stereocenters. The van der Waals surface area contributed by atoms with Gasteiger partial charge in [-0.2, -0.15) is 0 Å². The van der Waals surface area contributed by atoms with Crippen LogP contribution < -0.4 is 5.73 Å². The average Bonchev–Trinajstić information content (AvgIpc) is 1.83. The van der Waals surface area contributed by atoms with Crippen LogP contribution in [0.2, 0.25) is 0 Å². The van der Waals surface area contributed by atoms with Gasteiger partial charge in [0.1, 0.15) is 0 Å². The molecule has 3 heteroatoms. The lowest BCUT2D eigenvalue weighted by atomic mass is 10.4. The third-order valence-electron chi connectivity index (χ3n) is 0.627. The first kappa shape index (κ1) is 7.14. The van der Waals surface area contributed by atoms with Crippen molar-refractivity contribution in [2.75, 3.05) is 6.80 Å². The lowest BCUT2D eigenvalue weighted by Gasteiger charge is -1.82. The molecule has 0 spiro atoms. The van der Waals surface area contributed by atoms with Crippen molar-refractivity contribution in [3.8, 4) is 0 Å². The van der Waals surface area contributed by atoms with Crippen molar-refractivity contribution in [1.29, 1.82) is 0 Å². The monoisotopic (exact) mass is 116 g/mol. The number of nitrogens with zero attached hydrogens (tertiary/aromatic N) is 1. The highest BCUT2D eigenvalue weighted by molar-refractivity contribution is 5.77. The topological polar surface area (TPSA) is 38.4 Å². The fraction of sp³-hybridized carbons (Fsp3) is 0.400. The molecule has 46 valence electrons. The SMILES string of the molecule is CC(=C/N)/C=N/CF. The predicted molar refractivity (Wildman–Crippen MR) is 32.4 cm³/mol. The minimum Gasteiger partial charge on any atom is -0.404 e. The second kappa shape index (κ2) is 4.30. The van der Waals surface area contributed by atoms with Crippen molar-refractivity contribution in [3.63, 3.8) is 0 Å².